The molecule has 144 valence electrons. The third-order valence-corrected chi connectivity index (χ3v) is 4.60. The minimum atomic E-state index is -4.71. The lowest BCUT2D eigenvalue weighted by Crippen LogP contribution is -2.17. The van der Waals surface area contributed by atoms with Gasteiger partial charge in [0.2, 0.25) is 0 Å². The van der Waals surface area contributed by atoms with Gasteiger partial charge in [0.1, 0.15) is 5.75 Å². The average molecular weight is 404 g/mol. The number of rotatable bonds is 3. The molecular weight excluding hydrogens is 387 g/mol. The highest BCUT2D eigenvalue weighted by Crippen LogP contribution is 2.35. The van der Waals surface area contributed by atoms with Crippen LogP contribution >= 0.6 is 12.4 Å². The van der Waals surface area contributed by atoms with Crippen LogP contribution < -0.4 is 10.5 Å². The number of alkyl halides is 3. The van der Waals surface area contributed by atoms with Crippen molar-refractivity contribution >= 4 is 34.0 Å². The lowest BCUT2D eigenvalue weighted by molar-refractivity contribution is -0.274. The summed E-state index contributed by atoms with van der Waals surface area (Å²) in [5.41, 5.74) is 8.23. The van der Waals surface area contributed by atoms with E-state index in [-0.39, 0.29) is 18.2 Å². The molecule has 0 aliphatic carbocycles. The molecule has 0 unspecified atom stereocenters. The molecule has 4 aromatic carbocycles. The molecule has 0 bridgehead atoms. The molecule has 0 fully saturated rings. The molecule has 0 amide bonds. The van der Waals surface area contributed by atoms with Crippen LogP contribution in [0, 0.1) is 0 Å². The zero-order valence-electron chi connectivity index (χ0n) is 14.6. The van der Waals surface area contributed by atoms with Gasteiger partial charge in [0.15, 0.2) is 0 Å². The molecule has 0 aliphatic rings. The van der Waals surface area contributed by atoms with Gasteiger partial charge < -0.3 is 10.5 Å². The highest BCUT2D eigenvalue weighted by atomic mass is 35.5. The Balaban J connectivity index is 0.00000225. The third kappa shape index (κ3) is 3.91. The van der Waals surface area contributed by atoms with Crippen LogP contribution in [0.1, 0.15) is 17.2 Å². The van der Waals surface area contributed by atoms with Crippen molar-refractivity contribution in [3.8, 4) is 5.75 Å². The maximum Gasteiger partial charge on any atom is 0.573 e. The van der Waals surface area contributed by atoms with Gasteiger partial charge >= 0.3 is 6.36 Å². The number of ether oxygens (including phenoxy) is 1. The van der Waals surface area contributed by atoms with Crippen molar-refractivity contribution in [1.82, 2.24) is 0 Å². The van der Waals surface area contributed by atoms with E-state index < -0.39 is 12.4 Å². The summed E-state index contributed by atoms with van der Waals surface area (Å²) in [4.78, 5) is 0. The first-order chi connectivity index (χ1) is 12.9. The van der Waals surface area contributed by atoms with Crippen LogP contribution in [-0.4, -0.2) is 6.36 Å². The fourth-order valence-electron chi connectivity index (χ4n) is 3.43. The molecule has 2 nitrogen and oxygen atoms in total. The molecule has 4 aromatic rings. The van der Waals surface area contributed by atoms with E-state index >= 15 is 0 Å². The minimum Gasteiger partial charge on any atom is -0.406 e. The number of fused-ring (bicyclic) bond motifs is 2. The SMILES string of the molecule is Cl.N[C@H](c1ccc(OC(F)(F)F)cc1)c1c2ccccc2cc2ccccc12. The van der Waals surface area contributed by atoms with Crippen LogP contribution in [0.25, 0.3) is 21.5 Å². The van der Waals surface area contributed by atoms with Gasteiger partial charge in [0.25, 0.3) is 0 Å². The smallest absolute Gasteiger partial charge is 0.406 e. The summed E-state index contributed by atoms with van der Waals surface area (Å²) in [5, 5.41) is 4.19. The summed E-state index contributed by atoms with van der Waals surface area (Å²) >= 11 is 0. The van der Waals surface area contributed by atoms with Crippen LogP contribution in [0.5, 0.6) is 5.75 Å². The van der Waals surface area contributed by atoms with E-state index in [0.717, 1.165) is 27.1 Å². The topological polar surface area (TPSA) is 35.2 Å². The van der Waals surface area contributed by atoms with Crippen molar-refractivity contribution in [1.29, 1.82) is 0 Å². The Bertz CT molecular complexity index is 1060. The first kappa shape index (κ1) is 20.0. The van der Waals surface area contributed by atoms with Gasteiger partial charge in [-0.25, -0.2) is 0 Å². The first-order valence-electron chi connectivity index (χ1n) is 8.44. The van der Waals surface area contributed by atoms with Gasteiger partial charge in [-0.1, -0.05) is 60.7 Å². The predicted molar refractivity (Wildman–Crippen MR) is 108 cm³/mol. The fraction of sp³-hybridized carbons (Fsp3) is 0.0909. The van der Waals surface area contributed by atoms with Gasteiger partial charge in [-0.2, -0.15) is 0 Å². The lowest BCUT2D eigenvalue weighted by Gasteiger charge is -2.19. The summed E-state index contributed by atoms with van der Waals surface area (Å²) < 4.78 is 41.0. The lowest BCUT2D eigenvalue weighted by atomic mass is 9.89. The molecule has 1 atom stereocenters. The second kappa shape index (κ2) is 7.70. The van der Waals surface area contributed by atoms with Crippen molar-refractivity contribution < 1.29 is 17.9 Å². The zero-order chi connectivity index (χ0) is 19.0. The Labute approximate surface area is 166 Å². The van der Waals surface area contributed by atoms with Gasteiger partial charge in [0.05, 0.1) is 6.04 Å². The van der Waals surface area contributed by atoms with Crippen LogP contribution in [0.2, 0.25) is 0 Å². The summed E-state index contributed by atoms with van der Waals surface area (Å²) in [7, 11) is 0. The normalized spacial score (nSPS) is 12.6. The fourth-order valence-corrected chi connectivity index (χ4v) is 3.43. The van der Waals surface area contributed by atoms with E-state index in [1.165, 1.54) is 12.1 Å². The van der Waals surface area contributed by atoms with Gasteiger partial charge in [0, 0.05) is 0 Å². The number of benzene rings is 4. The quantitative estimate of drug-likeness (QED) is 0.404. The molecule has 0 radical (unpaired) electrons. The van der Waals surface area contributed by atoms with Crippen molar-refractivity contribution in [2.75, 3.05) is 0 Å². The maximum atomic E-state index is 12.4. The van der Waals surface area contributed by atoms with E-state index in [4.69, 9.17) is 5.73 Å². The second-order valence-electron chi connectivity index (χ2n) is 6.33. The predicted octanol–water partition coefficient (Wildman–Crippen LogP) is 6.36. The van der Waals surface area contributed by atoms with Gasteiger partial charge in [-0.05, 0) is 50.9 Å². The van der Waals surface area contributed by atoms with Crippen LogP contribution in [0.15, 0.2) is 78.9 Å². The monoisotopic (exact) mass is 403 g/mol. The molecule has 0 saturated heterocycles. The minimum absolute atomic E-state index is 0. The van der Waals surface area contributed by atoms with Crippen LogP contribution in [0.3, 0.4) is 0 Å². The standard InChI is InChI=1S/C22H16F3NO.ClH/c23-22(24,25)27-17-11-9-14(10-12-17)21(26)20-18-7-3-1-5-15(18)13-16-6-2-4-8-19(16)20;/h1-13,21H,26H2;1H/t21-;/m1./s1. The molecule has 0 aromatic heterocycles. The van der Waals surface area contributed by atoms with E-state index in [1.807, 2.05) is 48.5 Å². The molecule has 0 heterocycles. The summed E-state index contributed by atoms with van der Waals surface area (Å²) in [6.07, 6.45) is -4.71. The van der Waals surface area contributed by atoms with Crippen LogP contribution in [0.4, 0.5) is 13.2 Å². The Morgan fingerprint density at radius 3 is 1.75 bits per heavy atom. The highest BCUT2D eigenvalue weighted by molar-refractivity contribution is 6.03. The summed E-state index contributed by atoms with van der Waals surface area (Å²) in [6.45, 7) is 0. The van der Waals surface area contributed by atoms with Crippen molar-refractivity contribution in [2.45, 2.75) is 12.4 Å². The van der Waals surface area contributed by atoms with E-state index in [2.05, 4.69) is 10.8 Å². The molecule has 2 N–H and O–H groups in total. The number of hydrogen-bond acceptors (Lipinski definition) is 2. The molecule has 28 heavy (non-hydrogen) atoms. The largest absolute Gasteiger partial charge is 0.573 e. The maximum absolute atomic E-state index is 12.4. The molecule has 0 saturated carbocycles. The Morgan fingerprint density at radius 2 is 1.25 bits per heavy atom. The van der Waals surface area contributed by atoms with E-state index in [0.29, 0.717) is 5.56 Å². The van der Waals surface area contributed by atoms with Gasteiger partial charge in [-0.3, -0.25) is 0 Å². The Morgan fingerprint density at radius 1 is 0.750 bits per heavy atom. The van der Waals surface area contributed by atoms with Gasteiger partial charge in [-0.15, -0.1) is 25.6 Å². The number of halogens is 4. The first-order valence-corrected chi connectivity index (χ1v) is 8.44. The second-order valence-corrected chi connectivity index (χ2v) is 6.33. The Kier molecular flexibility index (Phi) is 5.49. The van der Waals surface area contributed by atoms with Crippen molar-refractivity contribution in [3.63, 3.8) is 0 Å². The number of nitrogens with two attached hydrogens (primary N) is 1. The molecule has 0 spiro atoms. The third-order valence-electron chi connectivity index (χ3n) is 4.60. The molecule has 6 heteroatoms. The average Bonchev–Trinajstić information content (AvgIpc) is 2.65. The highest BCUT2D eigenvalue weighted by Gasteiger charge is 2.31. The summed E-state index contributed by atoms with van der Waals surface area (Å²) in [5.74, 6) is -0.263. The van der Waals surface area contributed by atoms with E-state index in [9.17, 15) is 13.2 Å². The molecular formula is C22H17ClF3NO. The van der Waals surface area contributed by atoms with Crippen molar-refractivity contribution in [3.05, 3.63) is 90.0 Å². The van der Waals surface area contributed by atoms with E-state index in [1.54, 1.807) is 12.1 Å². The molecule has 0 aliphatic heterocycles. The number of hydrogen-bond donors (Lipinski definition) is 1. The zero-order valence-corrected chi connectivity index (χ0v) is 15.4. The molecule has 4 rings (SSSR count). The Hall–Kier alpha value is -2.76. The van der Waals surface area contributed by atoms with Crippen LogP contribution in [-0.2, 0) is 0 Å². The summed E-state index contributed by atoms with van der Waals surface area (Å²) in [6, 6.07) is 23.3. The van der Waals surface area contributed by atoms with Crippen molar-refractivity contribution in [2.24, 2.45) is 5.73 Å².